The SMILES string of the molecule is COc1ccc(CN(C)C(=O)CN(C)Cc2ccccc2)cc1F. The second-order valence-electron chi connectivity index (χ2n) is 5.88. The van der Waals surface area contributed by atoms with Crippen LogP contribution in [0, 0.1) is 5.82 Å². The van der Waals surface area contributed by atoms with Crippen LogP contribution < -0.4 is 4.74 Å². The lowest BCUT2D eigenvalue weighted by molar-refractivity contribution is -0.131. The molecule has 0 saturated carbocycles. The standard InChI is InChI=1S/C19H23FN2O2/c1-21(12-15-7-5-4-6-8-15)14-19(23)22(2)13-16-9-10-18(24-3)17(20)11-16/h4-11H,12-14H2,1-3H3. The number of halogens is 1. The molecule has 0 spiro atoms. The van der Waals surface area contributed by atoms with Gasteiger partial charge in [-0.3, -0.25) is 9.69 Å². The van der Waals surface area contributed by atoms with E-state index in [1.165, 1.54) is 13.2 Å². The maximum atomic E-state index is 13.7. The van der Waals surface area contributed by atoms with Gasteiger partial charge in [0.15, 0.2) is 11.6 Å². The van der Waals surface area contributed by atoms with Crippen LogP contribution in [-0.4, -0.2) is 43.5 Å². The van der Waals surface area contributed by atoms with E-state index < -0.39 is 5.82 Å². The third-order valence-corrected chi connectivity index (χ3v) is 3.76. The van der Waals surface area contributed by atoms with Gasteiger partial charge in [0.2, 0.25) is 5.91 Å². The van der Waals surface area contributed by atoms with Crippen LogP contribution in [0.1, 0.15) is 11.1 Å². The van der Waals surface area contributed by atoms with Gasteiger partial charge in [0.25, 0.3) is 0 Å². The summed E-state index contributed by atoms with van der Waals surface area (Å²) in [5.74, 6) is -0.225. The van der Waals surface area contributed by atoms with Crippen LogP contribution in [0.25, 0.3) is 0 Å². The van der Waals surface area contributed by atoms with E-state index >= 15 is 0 Å². The lowest BCUT2D eigenvalue weighted by Gasteiger charge is -2.22. The van der Waals surface area contributed by atoms with Gasteiger partial charge >= 0.3 is 0 Å². The van der Waals surface area contributed by atoms with Crippen LogP contribution in [0.3, 0.4) is 0 Å². The summed E-state index contributed by atoms with van der Waals surface area (Å²) < 4.78 is 18.6. The van der Waals surface area contributed by atoms with Crippen LogP contribution in [-0.2, 0) is 17.9 Å². The van der Waals surface area contributed by atoms with Gasteiger partial charge in [-0.25, -0.2) is 4.39 Å². The van der Waals surface area contributed by atoms with E-state index in [-0.39, 0.29) is 11.7 Å². The minimum atomic E-state index is -0.419. The van der Waals surface area contributed by atoms with Crippen molar-refractivity contribution in [1.82, 2.24) is 9.80 Å². The van der Waals surface area contributed by atoms with E-state index in [9.17, 15) is 9.18 Å². The summed E-state index contributed by atoms with van der Waals surface area (Å²) in [7, 11) is 5.06. The topological polar surface area (TPSA) is 32.8 Å². The third kappa shape index (κ3) is 5.06. The van der Waals surface area contributed by atoms with Crippen molar-refractivity contribution in [2.24, 2.45) is 0 Å². The van der Waals surface area contributed by atoms with E-state index in [1.54, 1.807) is 24.1 Å². The Hall–Kier alpha value is -2.40. The summed E-state index contributed by atoms with van der Waals surface area (Å²) >= 11 is 0. The zero-order valence-corrected chi connectivity index (χ0v) is 14.3. The molecule has 0 saturated heterocycles. The zero-order valence-electron chi connectivity index (χ0n) is 14.3. The van der Waals surface area contributed by atoms with Crippen LogP contribution in [0.15, 0.2) is 48.5 Å². The number of rotatable bonds is 7. The fourth-order valence-electron chi connectivity index (χ4n) is 2.47. The first-order chi connectivity index (χ1) is 11.5. The lowest BCUT2D eigenvalue weighted by atomic mass is 10.2. The Morgan fingerprint density at radius 1 is 1.04 bits per heavy atom. The van der Waals surface area contributed by atoms with E-state index in [0.717, 1.165) is 11.1 Å². The number of hydrogen-bond acceptors (Lipinski definition) is 3. The first-order valence-electron chi connectivity index (χ1n) is 7.78. The number of hydrogen-bond donors (Lipinski definition) is 0. The molecule has 2 aromatic carbocycles. The van der Waals surface area contributed by atoms with Gasteiger partial charge in [0.1, 0.15) is 0 Å². The minimum Gasteiger partial charge on any atom is -0.494 e. The second-order valence-corrected chi connectivity index (χ2v) is 5.88. The molecule has 0 aliphatic rings. The monoisotopic (exact) mass is 330 g/mol. The molecule has 1 amide bonds. The van der Waals surface area contributed by atoms with E-state index in [0.29, 0.717) is 19.6 Å². The van der Waals surface area contributed by atoms with E-state index in [4.69, 9.17) is 4.74 Å². The molecule has 0 fully saturated rings. The Labute approximate surface area is 142 Å². The summed E-state index contributed by atoms with van der Waals surface area (Å²) in [4.78, 5) is 15.9. The number of likely N-dealkylation sites (N-methyl/N-ethyl adjacent to an activating group) is 2. The quantitative estimate of drug-likeness (QED) is 0.782. The molecule has 0 unspecified atom stereocenters. The molecular formula is C19H23FN2O2. The predicted octanol–water partition coefficient (Wildman–Crippen LogP) is 2.92. The highest BCUT2D eigenvalue weighted by molar-refractivity contribution is 5.77. The number of carbonyl (C=O) groups excluding carboxylic acids is 1. The molecule has 128 valence electrons. The summed E-state index contributed by atoms with van der Waals surface area (Å²) in [5, 5.41) is 0. The smallest absolute Gasteiger partial charge is 0.236 e. The summed E-state index contributed by atoms with van der Waals surface area (Å²) in [5.41, 5.74) is 1.89. The summed E-state index contributed by atoms with van der Waals surface area (Å²) in [6.45, 7) is 1.38. The molecule has 4 nitrogen and oxygen atoms in total. The molecule has 2 aromatic rings. The maximum Gasteiger partial charge on any atom is 0.236 e. The van der Waals surface area contributed by atoms with Gasteiger partial charge in [-0.15, -0.1) is 0 Å². The average molecular weight is 330 g/mol. The first-order valence-corrected chi connectivity index (χ1v) is 7.78. The fourth-order valence-corrected chi connectivity index (χ4v) is 2.47. The highest BCUT2D eigenvalue weighted by atomic mass is 19.1. The number of carbonyl (C=O) groups is 1. The molecule has 0 N–H and O–H groups in total. The normalized spacial score (nSPS) is 10.7. The Morgan fingerprint density at radius 2 is 1.75 bits per heavy atom. The van der Waals surface area contributed by atoms with Crippen LogP contribution in [0.5, 0.6) is 5.75 Å². The van der Waals surface area contributed by atoms with Crippen LogP contribution in [0.4, 0.5) is 4.39 Å². The largest absolute Gasteiger partial charge is 0.494 e. The highest BCUT2D eigenvalue weighted by Crippen LogP contribution is 2.18. The Balaban J connectivity index is 1.88. The van der Waals surface area contributed by atoms with Crippen molar-refractivity contribution in [3.8, 4) is 5.75 Å². The van der Waals surface area contributed by atoms with Gasteiger partial charge in [0.05, 0.1) is 13.7 Å². The van der Waals surface area contributed by atoms with Gasteiger partial charge in [-0.1, -0.05) is 36.4 Å². The summed E-state index contributed by atoms with van der Waals surface area (Å²) in [6, 6.07) is 14.7. The zero-order chi connectivity index (χ0) is 17.5. The van der Waals surface area contributed by atoms with Crippen molar-refractivity contribution >= 4 is 5.91 Å². The number of methoxy groups -OCH3 is 1. The van der Waals surface area contributed by atoms with Gasteiger partial charge in [-0.05, 0) is 30.3 Å². The molecular weight excluding hydrogens is 307 g/mol. The fraction of sp³-hybridized carbons (Fsp3) is 0.316. The van der Waals surface area contributed by atoms with Crippen molar-refractivity contribution in [2.75, 3.05) is 27.7 Å². The molecule has 0 heterocycles. The van der Waals surface area contributed by atoms with Crippen molar-refractivity contribution < 1.29 is 13.9 Å². The minimum absolute atomic E-state index is 0.00958. The molecule has 24 heavy (non-hydrogen) atoms. The molecule has 0 radical (unpaired) electrons. The number of nitrogens with zero attached hydrogens (tertiary/aromatic N) is 2. The second kappa shape index (κ2) is 8.45. The van der Waals surface area contributed by atoms with Crippen molar-refractivity contribution in [3.05, 3.63) is 65.5 Å². The van der Waals surface area contributed by atoms with Gasteiger partial charge in [0, 0.05) is 20.1 Å². The Kier molecular flexibility index (Phi) is 6.32. The molecule has 2 rings (SSSR count). The number of amides is 1. The Morgan fingerprint density at radius 3 is 2.38 bits per heavy atom. The first kappa shape index (κ1) is 17.9. The van der Waals surface area contributed by atoms with E-state index in [1.807, 2.05) is 42.3 Å². The molecule has 0 bridgehead atoms. The molecule has 0 aliphatic heterocycles. The highest BCUT2D eigenvalue weighted by Gasteiger charge is 2.13. The average Bonchev–Trinajstić information content (AvgIpc) is 2.55. The third-order valence-electron chi connectivity index (χ3n) is 3.76. The Bertz CT molecular complexity index is 676. The van der Waals surface area contributed by atoms with Crippen molar-refractivity contribution in [2.45, 2.75) is 13.1 Å². The molecule has 0 aromatic heterocycles. The van der Waals surface area contributed by atoms with E-state index in [2.05, 4.69) is 0 Å². The maximum absolute atomic E-state index is 13.7. The van der Waals surface area contributed by atoms with Gasteiger partial charge in [-0.2, -0.15) is 0 Å². The molecule has 5 heteroatoms. The van der Waals surface area contributed by atoms with Crippen LogP contribution in [0.2, 0.25) is 0 Å². The molecule has 0 atom stereocenters. The van der Waals surface area contributed by atoms with Crippen molar-refractivity contribution in [3.63, 3.8) is 0 Å². The van der Waals surface area contributed by atoms with Gasteiger partial charge < -0.3 is 9.64 Å². The number of ether oxygens (including phenoxy) is 1. The molecule has 0 aliphatic carbocycles. The predicted molar refractivity (Wildman–Crippen MR) is 92.2 cm³/mol. The summed E-state index contributed by atoms with van der Waals surface area (Å²) in [6.07, 6.45) is 0. The lowest BCUT2D eigenvalue weighted by Crippen LogP contribution is -2.36. The van der Waals surface area contributed by atoms with Crippen molar-refractivity contribution in [1.29, 1.82) is 0 Å². The van der Waals surface area contributed by atoms with Crippen LogP contribution >= 0.6 is 0 Å². The number of benzene rings is 2.